The molecule has 0 unspecified atom stereocenters. The number of hydrogen-bond acceptors (Lipinski definition) is 2. The molecule has 2 rings (SSSR count). The molecule has 1 fully saturated rings. The first-order chi connectivity index (χ1) is 6.90. The first kappa shape index (κ1) is 9.46. The maximum absolute atomic E-state index is 12.3. The van der Waals surface area contributed by atoms with Crippen LogP contribution < -0.4 is 4.90 Å². The standard InChI is InChI=1S/C11H15FN2/c12-10-13-6-8-14(9-7-13)11-4-2-1-3-5-11/h1-5H,6-10H2. The quantitative estimate of drug-likeness (QED) is 0.662. The summed E-state index contributed by atoms with van der Waals surface area (Å²) in [4.78, 5) is 4.13. The van der Waals surface area contributed by atoms with Gasteiger partial charge in [0, 0.05) is 31.9 Å². The first-order valence-corrected chi connectivity index (χ1v) is 4.98. The molecule has 2 nitrogen and oxygen atoms in total. The van der Waals surface area contributed by atoms with Crippen molar-refractivity contribution in [2.45, 2.75) is 0 Å². The molecule has 1 heterocycles. The summed E-state index contributed by atoms with van der Waals surface area (Å²) in [6.07, 6.45) is 0. The van der Waals surface area contributed by atoms with E-state index in [4.69, 9.17) is 0 Å². The van der Waals surface area contributed by atoms with E-state index in [2.05, 4.69) is 17.0 Å². The highest BCUT2D eigenvalue weighted by Gasteiger charge is 2.15. The van der Waals surface area contributed by atoms with Gasteiger partial charge in [0.1, 0.15) is 6.80 Å². The fourth-order valence-corrected chi connectivity index (χ4v) is 1.76. The third-order valence-corrected chi connectivity index (χ3v) is 2.66. The number of rotatable bonds is 2. The van der Waals surface area contributed by atoms with Crippen molar-refractivity contribution in [3.05, 3.63) is 30.3 Å². The number of nitrogens with zero attached hydrogens (tertiary/aromatic N) is 2. The zero-order chi connectivity index (χ0) is 9.80. The largest absolute Gasteiger partial charge is 0.369 e. The molecule has 1 saturated heterocycles. The number of benzene rings is 1. The highest BCUT2D eigenvalue weighted by atomic mass is 19.1. The van der Waals surface area contributed by atoms with Crippen molar-refractivity contribution < 1.29 is 4.39 Å². The van der Waals surface area contributed by atoms with Crippen molar-refractivity contribution in [2.24, 2.45) is 0 Å². The highest BCUT2D eigenvalue weighted by Crippen LogP contribution is 2.15. The van der Waals surface area contributed by atoms with E-state index >= 15 is 0 Å². The van der Waals surface area contributed by atoms with E-state index in [1.807, 2.05) is 23.1 Å². The molecule has 0 aromatic heterocycles. The van der Waals surface area contributed by atoms with Crippen molar-refractivity contribution in [3.8, 4) is 0 Å². The molecule has 0 spiro atoms. The zero-order valence-corrected chi connectivity index (χ0v) is 8.19. The molecule has 0 N–H and O–H groups in total. The SMILES string of the molecule is FCN1CCN(c2ccccc2)CC1. The summed E-state index contributed by atoms with van der Waals surface area (Å²) in [6.45, 7) is 3.18. The minimum atomic E-state index is -0.317. The van der Waals surface area contributed by atoms with Crippen molar-refractivity contribution in [3.63, 3.8) is 0 Å². The zero-order valence-electron chi connectivity index (χ0n) is 8.19. The second kappa shape index (κ2) is 4.42. The van der Waals surface area contributed by atoms with Gasteiger partial charge in [-0.15, -0.1) is 0 Å². The molecule has 76 valence electrons. The van der Waals surface area contributed by atoms with Crippen LogP contribution in [0.3, 0.4) is 0 Å². The third-order valence-electron chi connectivity index (χ3n) is 2.66. The molecular formula is C11H15FN2. The maximum Gasteiger partial charge on any atom is 0.143 e. The monoisotopic (exact) mass is 194 g/mol. The normalized spacial score (nSPS) is 18.5. The van der Waals surface area contributed by atoms with Gasteiger partial charge in [0.05, 0.1) is 0 Å². The topological polar surface area (TPSA) is 6.48 Å². The van der Waals surface area contributed by atoms with Crippen LogP contribution >= 0.6 is 0 Å². The lowest BCUT2D eigenvalue weighted by Gasteiger charge is -2.34. The van der Waals surface area contributed by atoms with Crippen LogP contribution in [0, 0.1) is 0 Å². The summed E-state index contributed by atoms with van der Waals surface area (Å²) in [5, 5.41) is 0. The molecule has 1 aliphatic rings. The predicted octanol–water partition coefficient (Wildman–Crippen LogP) is 1.74. The Morgan fingerprint density at radius 3 is 2.21 bits per heavy atom. The summed E-state index contributed by atoms with van der Waals surface area (Å²) in [7, 11) is 0. The number of alkyl halides is 1. The minimum Gasteiger partial charge on any atom is -0.369 e. The van der Waals surface area contributed by atoms with Gasteiger partial charge in [-0.05, 0) is 12.1 Å². The second-order valence-electron chi connectivity index (χ2n) is 3.56. The van der Waals surface area contributed by atoms with Crippen LogP contribution in [0.25, 0.3) is 0 Å². The van der Waals surface area contributed by atoms with E-state index in [1.54, 1.807) is 0 Å². The Balaban J connectivity index is 1.96. The van der Waals surface area contributed by atoms with Crippen LogP contribution in [-0.2, 0) is 0 Å². The van der Waals surface area contributed by atoms with E-state index in [1.165, 1.54) is 5.69 Å². The van der Waals surface area contributed by atoms with E-state index in [9.17, 15) is 4.39 Å². The van der Waals surface area contributed by atoms with Gasteiger partial charge in [-0.25, -0.2) is 4.39 Å². The van der Waals surface area contributed by atoms with Crippen LogP contribution in [0.5, 0.6) is 0 Å². The van der Waals surface area contributed by atoms with E-state index < -0.39 is 0 Å². The third kappa shape index (κ3) is 2.04. The molecule has 1 aromatic rings. The Kier molecular flexibility index (Phi) is 2.99. The van der Waals surface area contributed by atoms with Gasteiger partial charge >= 0.3 is 0 Å². The molecule has 0 saturated carbocycles. The van der Waals surface area contributed by atoms with E-state index in [-0.39, 0.29) is 6.80 Å². The minimum absolute atomic E-state index is 0.317. The van der Waals surface area contributed by atoms with Gasteiger partial charge in [-0.1, -0.05) is 18.2 Å². The van der Waals surface area contributed by atoms with Gasteiger partial charge < -0.3 is 4.90 Å². The Morgan fingerprint density at radius 1 is 1.00 bits per heavy atom. The molecule has 1 aromatic carbocycles. The molecular weight excluding hydrogens is 179 g/mol. The second-order valence-corrected chi connectivity index (χ2v) is 3.56. The molecule has 14 heavy (non-hydrogen) atoms. The van der Waals surface area contributed by atoms with E-state index in [0.717, 1.165) is 26.2 Å². The highest BCUT2D eigenvalue weighted by molar-refractivity contribution is 5.46. The molecule has 1 aliphatic heterocycles. The van der Waals surface area contributed by atoms with Crippen molar-refractivity contribution >= 4 is 5.69 Å². The molecule has 3 heteroatoms. The average molecular weight is 194 g/mol. The first-order valence-electron chi connectivity index (χ1n) is 4.98. The lowest BCUT2D eigenvalue weighted by atomic mass is 10.2. The van der Waals surface area contributed by atoms with Crippen molar-refractivity contribution in [2.75, 3.05) is 37.9 Å². The maximum atomic E-state index is 12.3. The Bertz CT molecular complexity index is 268. The van der Waals surface area contributed by atoms with Gasteiger partial charge in [0.15, 0.2) is 0 Å². The van der Waals surface area contributed by atoms with Gasteiger partial charge in [0.2, 0.25) is 0 Å². The lowest BCUT2D eigenvalue weighted by molar-refractivity contribution is 0.176. The fourth-order valence-electron chi connectivity index (χ4n) is 1.76. The smallest absolute Gasteiger partial charge is 0.143 e. The summed E-state index contributed by atoms with van der Waals surface area (Å²) in [5.41, 5.74) is 1.24. The Labute approximate surface area is 83.9 Å². The number of halogens is 1. The summed E-state index contributed by atoms with van der Waals surface area (Å²) in [5.74, 6) is 0. The number of piperazine rings is 1. The van der Waals surface area contributed by atoms with Gasteiger partial charge in [-0.2, -0.15) is 0 Å². The van der Waals surface area contributed by atoms with Crippen LogP contribution in [0.2, 0.25) is 0 Å². The van der Waals surface area contributed by atoms with Crippen molar-refractivity contribution in [1.29, 1.82) is 0 Å². The van der Waals surface area contributed by atoms with E-state index in [0.29, 0.717) is 0 Å². The molecule has 0 aliphatic carbocycles. The Morgan fingerprint density at radius 2 is 1.64 bits per heavy atom. The predicted molar refractivity (Wildman–Crippen MR) is 56.2 cm³/mol. The molecule has 0 radical (unpaired) electrons. The van der Waals surface area contributed by atoms with Crippen LogP contribution in [0.15, 0.2) is 30.3 Å². The summed E-state index contributed by atoms with van der Waals surface area (Å²) in [6, 6.07) is 10.3. The fraction of sp³-hybridized carbons (Fsp3) is 0.455. The Hall–Kier alpha value is -1.09. The van der Waals surface area contributed by atoms with Gasteiger partial charge in [-0.3, -0.25) is 4.90 Å². The molecule has 0 bridgehead atoms. The summed E-state index contributed by atoms with van der Waals surface area (Å²) >= 11 is 0. The van der Waals surface area contributed by atoms with Gasteiger partial charge in [0.25, 0.3) is 0 Å². The number of para-hydroxylation sites is 1. The summed E-state index contributed by atoms with van der Waals surface area (Å²) < 4.78 is 12.3. The van der Waals surface area contributed by atoms with Crippen molar-refractivity contribution in [1.82, 2.24) is 4.90 Å². The number of anilines is 1. The number of hydrogen-bond donors (Lipinski definition) is 0. The molecule has 0 amide bonds. The average Bonchev–Trinajstić information content (AvgIpc) is 2.30. The van der Waals surface area contributed by atoms with Crippen LogP contribution in [0.1, 0.15) is 0 Å². The van der Waals surface area contributed by atoms with Crippen LogP contribution in [0.4, 0.5) is 10.1 Å². The van der Waals surface area contributed by atoms with Crippen LogP contribution in [-0.4, -0.2) is 37.9 Å². The lowest BCUT2D eigenvalue weighted by Crippen LogP contribution is -2.45. The molecule has 0 atom stereocenters.